The van der Waals surface area contributed by atoms with Gasteiger partial charge in [-0.3, -0.25) is 0 Å². The van der Waals surface area contributed by atoms with Crippen molar-refractivity contribution >= 4 is 23.4 Å². The van der Waals surface area contributed by atoms with Crippen molar-refractivity contribution in [2.45, 2.75) is 5.54 Å². The van der Waals surface area contributed by atoms with Crippen molar-refractivity contribution in [1.29, 1.82) is 0 Å². The number of carbonyl (C=O) groups is 1. The molecule has 0 amide bonds. The van der Waals surface area contributed by atoms with E-state index < -0.39 is 31.3 Å². The van der Waals surface area contributed by atoms with Crippen molar-refractivity contribution in [3.05, 3.63) is 22.8 Å². The van der Waals surface area contributed by atoms with Gasteiger partial charge >= 0.3 is 5.97 Å². The summed E-state index contributed by atoms with van der Waals surface area (Å²) in [6.07, 6.45) is 1.13. The Morgan fingerprint density at radius 3 is 2.33 bits per heavy atom. The summed E-state index contributed by atoms with van der Waals surface area (Å²) >= 11 is 5.64. The van der Waals surface area contributed by atoms with Crippen LogP contribution in [0.1, 0.15) is 10.4 Å². The SMILES string of the molecule is O=C(O)c1cc(NC(CO)(CO)CO)ncc1Cl. The number of anilines is 1. The molecule has 0 saturated carbocycles. The first kappa shape index (κ1) is 14.7. The van der Waals surface area contributed by atoms with Crippen molar-refractivity contribution in [3.63, 3.8) is 0 Å². The number of aromatic nitrogens is 1. The van der Waals surface area contributed by atoms with Gasteiger partial charge in [-0.1, -0.05) is 11.6 Å². The van der Waals surface area contributed by atoms with Gasteiger partial charge in [0.25, 0.3) is 0 Å². The Kier molecular flexibility index (Phi) is 4.85. The molecule has 5 N–H and O–H groups in total. The van der Waals surface area contributed by atoms with Crippen LogP contribution in [0.5, 0.6) is 0 Å². The van der Waals surface area contributed by atoms with Crippen LogP contribution in [0.3, 0.4) is 0 Å². The average Bonchev–Trinajstić information content (AvgIpc) is 2.38. The molecule has 0 spiro atoms. The highest BCUT2D eigenvalue weighted by atomic mass is 35.5. The summed E-state index contributed by atoms with van der Waals surface area (Å²) in [6, 6.07) is 1.15. The van der Waals surface area contributed by atoms with Crippen LogP contribution in [0.4, 0.5) is 5.82 Å². The van der Waals surface area contributed by atoms with Crippen LogP contribution in [-0.2, 0) is 0 Å². The first-order valence-corrected chi connectivity index (χ1v) is 5.35. The van der Waals surface area contributed by atoms with Crippen molar-refractivity contribution in [1.82, 2.24) is 4.98 Å². The number of hydrogen-bond donors (Lipinski definition) is 5. The lowest BCUT2D eigenvalue weighted by Crippen LogP contribution is -2.49. The number of rotatable bonds is 6. The summed E-state index contributed by atoms with van der Waals surface area (Å²) < 4.78 is 0. The number of aromatic carboxylic acids is 1. The first-order chi connectivity index (χ1) is 8.48. The van der Waals surface area contributed by atoms with Crippen LogP contribution >= 0.6 is 11.6 Å². The molecule has 0 bridgehead atoms. The third kappa shape index (κ3) is 3.08. The molecule has 0 saturated heterocycles. The molecule has 1 aromatic heterocycles. The van der Waals surface area contributed by atoms with Gasteiger partial charge in [0.15, 0.2) is 0 Å². The summed E-state index contributed by atoms with van der Waals surface area (Å²) in [5, 5.41) is 38.8. The normalized spacial score (nSPS) is 11.3. The summed E-state index contributed by atoms with van der Waals surface area (Å²) in [5.74, 6) is -1.15. The van der Waals surface area contributed by atoms with Crippen LogP contribution in [0, 0.1) is 0 Å². The zero-order valence-corrected chi connectivity index (χ0v) is 10.1. The van der Waals surface area contributed by atoms with Crippen molar-refractivity contribution < 1.29 is 25.2 Å². The number of nitrogens with one attached hydrogen (secondary N) is 1. The maximum absolute atomic E-state index is 10.9. The molecule has 0 radical (unpaired) electrons. The second-order valence-corrected chi connectivity index (χ2v) is 4.14. The van der Waals surface area contributed by atoms with E-state index in [-0.39, 0.29) is 16.4 Å². The summed E-state index contributed by atoms with van der Waals surface area (Å²) in [4.78, 5) is 14.7. The van der Waals surface area contributed by atoms with E-state index in [0.29, 0.717) is 0 Å². The maximum atomic E-state index is 10.9. The molecule has 0 aliphatic carbocycles. The quantitative estimate of drug-likeness (QED) is 0.477. The lowest BCUT2D eigenvalue weighted by molar-refractivity contribution is 0.0697. The van der Waals surface area contributed by atoms with Gasteiger partial charge < -0.3 is 25.7 Å². The number of carboxylic acids is 1. The largest absolute Gasteiger partial charge is 0.478 e. The molecule has 0 fully saturated rings. The van der Waals surface area contributed by atoms with E-state index in [1.165, 1.54) is 0 Å². The monoisotopic (exact) mass is 276 g/mol. The Bertz CT molecular complexity index is 428. The van der Waals surface area contributed by atoms with E-state index in [9.17, 15) is 4.79 Å². The molecule has 18 heavy (non-hydrogen) atoms. The average molecular weight is 277 g/mol. The summed E-state index contributed by atoms with van der Waals surface area (Å²) in [5.41, 5.74) is -1.55. The molecule has 0 unspecified atom stereocenters. The zero-order chi connectivity index (χ0) is 13.8. The fourth-order valence-corrected chi connectivity index (χ4v) is 1.40. The third-order valence-electron chi connectivity index (χ3n) is 2.39. The smallest absolute Gasteiger partial charge is 0.337 e. The van der Waals surface area contributed by atoms with Crippen LogP contribution in [0.15, 0.2) is 12.3 Å². The number of pyridine rings is 1. The predicted molar refractivity (Wildman–Crippen MR) is 63.8 cm³/mol. The first-order valence-electron chi connectivity index (χ1n) is 4.97. The van der Waals surface area contributed by atoms with Gasteiger partial charge in [-0.25, -0.2) is 9.78 Å². The van der Waals surface area contributed by atoms with Crippen LogP contribution in [0.25, 0.3) is 0 Å². The Labute approximate surface area is 108 Å². The Balaban J connectivity index is 3.04. The van der Waals surface area contributed by atoms with Crippen molar-refractivity contribution in [3.8, 4) is 0 Å². The van der Waals surface area contributed by atoms with Gasteiger partial charge in [0.2, 0.25) is 0 Å². The topological polar surface area (TPSA) is 123 Å². The number of aliphatic hydroxyl groups excluding tert-OH is 3. The van der Waals surface area contributed by atoms with Gasteiger partial charge in [0.05, 0.1) is 30.4 Å². The molecular weight excluding hydrogens is 264 g/mol. The van der Waals surface area contributed by atoms with Crippen molar-refractivity contribution in [2.75, 3.05) is 25.1 Å². The molecule has 0 aliphatic heterocycles. The molecule has 100 valence electrons. The minimum atomic E-state index is -1.38. The number of nitrogens with zero attached hydrogens (tertiary/aromatic N) is 1. The predicted octanol–water partition coefficient (Wildman–Crippen LogP) is -0.439. The Hall–Kier alpha value is -1.41. The highest BCUT2D eigenvalue weighted by molar-refractivity contribution is 6.33. The minimum Gasteiger partial charge on any atom is -0.478 e. The molecule has 8 heteroatoms. The molecule has 0 aromatic carbocycles. The van der Waals surface area contributed by atoms with Crippen LogP contribution in [-0.4, -0.2) is 56.7 Å². The summed E-state index contributed by atoms with van der Waals surface area (Å²) in [7, 11) is 0. The van der Waals surface area contributed by atoms with Gasteiger partial charge in [-0.2, -0.15) is 0 Å². The summed E-state index contributed by atoms with van der Waals surface area (Å²) in [6.45, 7) is -1.65. The maximum Gasteiger partial charge on any atom is 0.337 e. The highest BCUT2D eigenvalue weighted by Crippen LogP contribution is 2.20. The molecule has 7 nitrogen and oxygen atoms in total. The van der Waals surface area contributed by atoms with Gasteiger partial charge in [-0.15, -0.1) is 0 Å². The van der Waals surface area contributed by atoms with Crippen LogP contribution < -0.4 is 5.32 Å². The third-order valence-corrected chi connectivity index (χ3v) is 2.69. The number of hydrogen-bond acceptors (Lipinski definition) is 6. The molecule has 1 aromatic rings. The van der Waals surface area contributed by atoms with Gasteiger partial charge in [0.1, 0.15) is 11.4 Å². The Morgan fingerprint density at radius 2 is 1.89 bits per heavy atom. The molecule has 1 rings (SSSR count). The molecular formula is C10H13ClN2O5. The van der Waals surface area contributed by atoms with Gasteiger partial charge in [-0.05, 0) is 6.07 Å². The second-order valence-electron chi connectivity index (χ2n) is 3.73. The second kappa shape index (κ2) is 5.96. The van der Waals surface area contributed by atoms with E-state index >= 15 is 0 Å². The fourth-order valence-electron chi connectivity index (χ4n) is 1.21. The van der Waals surface area contributed by atoms with Gasteiger partial charge in [0, 0.05) is 6.20 Å². The van der Waals surface area contributed by atoms with E-state index in [1.807, 2.05) is 0 Å². The highest BCUT2D eigenvalue weighted by Gasteiger charge is 2.28. The Morgan fingerprint density at radius 1 is 1.33 bits per heavy atom. The van der Waals surface area contributed by atoms with E-state index in [1.54, 1.807) is 0 Å². The number of halogens is 1. The molecule has 0 atom stereocenters. The minimum absolute atomic E-state index is 0.0318. The van der Waals surface area contributed by atoms with E-state index in [2.05, 4.69) is 10.3 Å². The fraction of sp³-hybridized carbons (Fsp3) is 0.400. The van der Waals surface area contributed by atoms with E-state index in [0.717, 1.165) is 12.3 Å². The van der Waals surface area contributed by atoms with E-state index in [4.69, 9.17) is 32.0 Å². The number of carboxylic acid groups (broad SMARTS) is 1. The van der Waals surface area contributed by atoms with Crippen LogP contribution in [0.2, 0.25) is 5.02 Å². The lowest BCUT2D eigenvalue weighted by Gasteiger charge is -2.29. The number of aliphatic hydroxyl groups is 3. The molecule has 0 aliphatic rings. The van der Waals surface area contributed by atoms with Crippen molar-refractivity contribution in [2.24, 2.45) is 0 Å². The molecule has 1 heterocycles. The standard InChI is InChI=1S/C10H13ClN2O5/c11-7-2-12-8(1-6(7)9(17)18)13-10(3-14,4-15)5-16/h1-2,14-16H,3-5H2,(H,12,13)(H,17,18). The zero-order valence-electron chi connectivity index (χ0n) is 9.30. The lowest BCUT2D eigenvalue weighted by atomic mass is 10.0.